The fourth-order valence-electron chi connectivity index (χ4n) is 3.85. The number of carbonyl (C=O) groups is 3. The van der Waals surface area contributed by atoms with E-state index >= 15 is 0 Å². The van der Waals surface area contributed by atoms with Crippen molar-refractivity contribution in [3.63, 3.8) is 0 Å². The summed E-state index contributed by atoms with van der Waals surface area (Å²) in [4.78, 5) is 42.3. The van der Waals surface area contributed by atoms with Crippen LogP contribution in [0.1, 0.15) is 50.4 Å². The number of aryl methyl sites for hydroxylation is 1. The van der Waals surface area contributed by atoms with Crippen molar-refractivity contribution in [3.8, 4) is 0 Å². The van der Waals surface area contributed by atoms with Crippen LogP contribution in [0.15, 0.2) is 35.7 Å². The monoisotopic (exact) mass is 412 g/mol. The van der Waals surface area contributed by atoms with Gasteiger partial charge < -0.3 is 9.64 Å². The molecule has 1 fully saturated rings. The Hall–Kier alpha value is -2.51. The van der Waals surface area contributed by atoms with Crippen LogP contribution in [-0.2, 0) is 16.1 Å². The summed E-state index contributed by atoms with van der Waals surface area (Å²) < 4.78 is 5.71. The zero-order valence-electron chi connectivity index (χ0n) is 16.4. The lowest BCUT2D eigenvalue weighted by Crippen LogP contribution is -2.39. The van der Waals surface area contributed by atoms with Crippen LogP contribution in [0.2, 0.25) is 0 Å². The van der Waals surface area contributed by atoms with Gasteiger partial charge in [-0.2, -0.15) is 0 Å². The fourth-order valence-corrected chi connectivity index (χ4v) is 4.57. The molecule has 0 saturated carbocycles. The largest absolute Gasteiger partial charge is 0.376 e. The Bertz CT molecular complexity index is 919. The van der Waals surface area contributed by atoms with Gasteiger partial charge in [0, 0.05) is 31.0 Å². The zero-order valence-corrected chi connectivity index (χ0v) is 17.2. The Morgan fingerprint density at radius 2 is 2.07 bits per heavy atom. The van der Waals surface area contributed by atoms with Crippen LogP contribution >= 0.6 is 11.3 Å². The fraction of sp³-hybridized carbons (Fsp3) is 0.409. The predicted molar refractivity (Wildman–Crippen MR) is 110 cm³/mol. The van der Waals surface area contributed by atoms with Gasteiger partial charge in [-0.05, 0) is 43.3 Å². The number of hydrogen-bond donors (Lipinski definition) is 0. The molecule has 2 aliphatic rings. The molecule has 1 saturated heterocycles. The van der Waals surface area contributed by atoms with Gasteiger partial charge in [0.25, 0.3) is 11.8 Å². The van der Waals surface area contributed by atoms with Crippen LogP contribution in [0.25, 0.3) is 0 Å². The maximum Gasteiger partial charge on any atom is 0.261 e. The van der Waals surface area contributed by atoms with Crippen molar-refractivity contribution < 1.29 is 19.1 Å². The van der Waals surface area contributed by atoms with Crippen LogP contribution in [-0.4, -0.2) is 53.3 Å². The number of fused-ring (bicyclic) bond motifs is 1. The normalized spacial score (nSPS) is 18.4. The second-order valence-electron chi connectivity index (χ2n) is 7.55. The van der Waals surface area contributed by atoms with Gasteiger partial charge in [-0.25, -0.2) is 0 Å². The first-order valence-electron chi connectivity index (χ1n) is 9.91. The molecular formula is C22H24N2O4S. The minimum absolute atomic E-state index is 0.0567. The standard InChI is InChI=1S/C22H24N2O4S/c1-15-6-7-18-19(12-15)22(27)24(21(18)26)9-8-20(25)23(13-16-4-2-10-28-16)14-17-5-3-11-29-17/h3,5-7,11-12,16H,2,4,8-10,13-14H2,1H3. The number of rotatable bonds is 7. The third kappa shape index (κ3) is 4.26. The summed E-state index contributed by atoms with van der Waals surface area (Å²) in [6, 6.07) is 9.22. The number of ether oxygens (including phenoxy) is 1. The highest BCUT2D eigenvalue weighted by Gasteiger charge is 2.36. The van der Waals surface area contributed by atoms with E-state index in [1.165, 1.54) is 4.90 Å². The van der Waals surface area contributed by atoms with Gasteiger partial charge in [0.1, 0.15) is 0 Å². The molecule has 1 atom stereocenters. The summed E-state index contributed by atoms with van der Waals surface area (Å²) in [5, 5.41) is 1.99. The lowest BCUT2D eigenvalue weighted by Gasteiger charge is -2.26. The van der Waals surface area contributed by atoms with E-state index in [9.17, 15) is 14.4 Å². The molecule has 1 aromatic heterocycles. The topological polar surface area (TPSA) is 66.9 Å². The molecule has 1 unspecified atom stereocenters. The average molecular weight is 413 g/mol. The van der Waals surface area contributed by atoms with Gasteiger partial charge in [0.2, 0.25) is 5.91 Å². The SMILES string of the molecule is Cc1ccc2c(c1)C(=O)N(CCC(=O)N(Cc1cccs1)CC1CCCO1)C2=O. The molecule has 0 bridgehead atoms. The highest BCUT2D eigenvalue weighted by molar-refractivity contribution is 7.09. The number of benzene rings is 1. The van der Waals surface area contributed by atoms with Crippen molar-refractivity contribution in [2.24, 2.45) is 0 Å². The van der Waals surface area contributed by atoms with E-state index in [1.807, 2.05) is 30.5 Å². The van der Waals surface area contributed by atoms with Gasteiger partial charge in [-0.15, -0.1) is 11.3 Å². The van der Waals surface area contributed by atoms with Crippen LogP contribution in [0, 0.1) is 6.92 Å². The molecule has 1 aromatic carbocycles. The van der Waals surface area contributed by atoms with E-state index in [4.69, 9.17) is 4.74 Å². The highest BCUT2D eigenvalue weighted by atomic mass is 32.1. The molecule has 3 heterocycles. The number of amides is 3. The van der Waals surface area contributed by atoms with Crippen molar-refractivity contribution in [1.29, 1.82) is 0 Å². The molecule has 0 aliphatic carbocycles. The Morgan fingerprint density at radius 1 is 1.24 bits per heavy atom. The van der Waals surface area contributed by atoms with Crippen LogP contribution in [0.3, 0.4) is 0 Å². The summed E-state index contributed by atoms with van der Waals surface area (Å²) in [5.74, 6) is -0.700. The molecular weight excluding hydrogens is 388 g/mol. The molecule has 29 heavy (non-hydrogen) atoms. The Kier molecular flexibility index (Phi) is 5.78. The van der Waals surface area contributed by atoms with Crippen molar-refractivity contribution >= 4 is 29.1 Å². The van der Waals surface area contributed by atoms with E-state index in [-0.39, 0.29) is 36.8 Å². The molecule has 152 valence electrons. The van der Waals surface area contributed by atoms with E-state index in [1.54, 1.807) is 28.4 Å². The molecule has 3 amide bonds. The van der Waals surface area contributed by atoms with Gasteiger partial charge in [0.15, 0.2) is 0 Å². The molecule has 2 aromatic rings. The van der Waals surface area contributed by atoms with E-state index in [0.717, 1.165) is 29.9 Å². The second kappa shape index (κ2) is 8.47. The third-order valence-corrected chi connectivity index (χ3v) is 6.26. The number of hydrogen-bond acceptors (Lipinski definition) is 5. The first-order chi connectivity index (χ1) is 14.0. The minimum atomic E-state index is -0.318. The average Bonchev–Trinajstić information content (AvgIpc) is 3.44. The molecule has 0 radical (unpaired) electrons. The van der Waals surface area contributed by atoms with Crippen LogP contribution in [0.4, 0.5) is 0 Å². The minimum Gasteiger partial charge on any atom is -0.376 e. The zero-order chi connectivity index (χ0) is 20.4. The van der Waals surface area contributed by atoms with Crippen LogP contribution in [0.5, 0.6) is 0 Å². The maximum atomic E-state index is 13.0. The second-order valence-corrected chi connectivity index (χ2v) is 8.58. The molecule has 6 nitrogen and oxygen atoms in total. The first kappa shape index (κ1) is 19.8. The lowest BCUT2D eigenvalue weighted by atomic mass is 10.1. The number of carbonyl (C=O) groups excluding carboxylic acids is 3. The first-order valence-corrected chi connectivity index (χ1v) is 10.8. The number of nitrogens with zero attached hydrogens (tertiary/aromatic N) is 2. The van der Waals surface area contributed by atoms with Gasteiger partial charge >= 0.3 is 0 Å². The molecule has 2 aliphatic heterocycles. The van der Waals surface area contributed by atoms with Gasteiger partial charge in [0.05, 0.1) is 23.8 Å². The maximum absolute atomic E-state index is 13.0. The molecule has 0 N–H and O–H groups in total. The quantitative estimate of drug-likeness (QED) is 0.655. The van der Waals surface area contributed by atoms with Crippen LogP contribution < -0.4 is 0 Å². The summed E-state index contributed by atoms with van der Waals surface area (Å²) in [5.41, 5.74) is 1.78. The third-order valence-electron chi connectivity index (χ3n) is 5.40. The summed E-state index contributed by atoms with van der Waals surface area (Å²) >= 11 is 1.61. The van der Waals surface area contributed by atoms with Gasteiger partial charge in [-0.3, -0.25) is 19.3 Å². The Morgan fingerprint density at radius 3 is 2.79 bits per heavy atom. The molecule has 4 rings (SSSR count). The summed E-state index contributed by atoms with van der Waals surface area (Å²) in [6.45, 7) is 3.78. The molecule has 7 heteroatoms. The smallest absolute Gasteiger partial charge is 0.261 e. The van der Waals surface area contributed by atoms with E-state index in [2.05, 4.69) is 0 Å². The highest BCUT2D eigenvalue weighted by Crippen LogP contribution is 2.24. The van der Waals surface area contributed by atoms with Crippen molar-refractivity contribution in [1.82, 2.24) is 9.80 Å². The number of thiophene rings is 1. The van der Waals surface area contributed by atoms with E-state index < -0.39 is 0 Å². The summed E-state index contributed by atoms with van der Waals surface area (Å²) in [7, 11) is 0. The summed E-state index contributed by atoms with van der Waals surface area (Å²) in [6.07, 6.45) is 2.13. The Balaban J connectivity index is 1.42. The van der Waals surface area contributed by atoms with Crippen molar-refractivity contribution in [2.45, 2.75) is 38.8 Å². The van der Waals surface area contributed by atoms with E-state index in [0.29, 0.717) is 24.2 Å². The molecule has 0 spiro atoms. The Labute approximate surface area is 174 Å². The van der Waals surface area contributed by atoms with Crippen molar-refractivity contribution in [3.05, 3.63) is 57.3 Å². The van der Waals surface area contributed by atoms with Crippen molar-refractivity contribution in [2.75, 3.05) is 19.7 Å². The number of imide groups is 1. The predicted octanol–water partition coefficient (Wildman–Crippen LogP) is 3.25. The van der Waals surface area contributed by atoms with Gasteiger partial charge in [-0.1, -0.05) is 17.7 Å². The lowest BCUT2D eigenvalue weighted by molar-refractivity contribution is -0.133.